The molecule has 0 N–H and O–H groups in total. The van der Waals surface area contributed by atoms with Crippen molar-refractivity contribution in [2.75, 3.05) is 0 Å². The molecule has 0 radical (unpaired) electrons. The smallest absolute Gasteiger partial charge is 0.188 e. The van der Waals surface area contributed by atoms with Crippen LogP contribution in [-0.4, -0.2) is 10.6 Å². The molecule has 0 unspecified atom stereocenters. The maximum absolute atomic E-state index is 5.92. The Morgan fingerprint density at radius 2 is 1.78 bits per heavy atom. The summed E-state index contributed by atoms with van der Waals surface area (Å²) < 4.78 is 5.00. The number of alkyl halides is 2. The molecule has 1 saturated heterocycles. The first-order valence-electron chi connectivity index (χ1n) is 2.89. The van der Waals surface area contributed by atoms with E-state index in [4.69, 9.17) is 27.9 Å². The topological polar surface area (TPSA) is 12.5 Å². The fraction of sp³-hybridized carbons (Fsp3) is 1.00. The Labute approximate surface area is 65.3 Å². The van der Waals surface area contributed by atoms with Crippen molar-refractivity contribution in [3.8, 4) is 0 Å². The van der Waals surface area contributed by atoms with Gasteiger partial charge in [0.05, 0.1) is 0 Å². The summed E-state index contributed by atoms with van der Waals surface area (Å²) in [5, 5.41) is -0.617. The maximum atomic E-state index is 5.92. The average Bonchev–Trinajstić information content (AvgIpc) is 2.13. The van der Waals surface area contributed by atoms with E-state index in [0.29, 0.717) is 0 Å². The second kappa shape index (κ2) is 1.77. The molecule has 1 aliphatic rings. The van der Waals surface area contributed by atoms with Gasteiger partial charge in [-0.25, -0.2) is 0 Å². The quantitative estimate of drug-likeness (QED) is 0.401. The molecule has 1 heterocycles. The summed E-state index contributed by atoms with van der Waals surface area (Å²) in [6.45, 7) is 6.01. The fourth-order valence-electron chi connectivity index (χ4n) is 0.634. The van der Waals surface area contributed by atoms with E-state index < -0.39 is 5.06 Å². The summed E-state index contributed by atoms with van der Waals surface area (Å²) >= 11 is 11.5. The average molecular weight is 169 g/mol. The molecule has 54 valence electrons. The molecule has 0 spiro atoms. The Bertz CT molecular complexity index is 130. The van der Waals surface area contributed by atoms with Crippen molar-refractivity contribution in [3.63, 3.8) is 0 Å². The molecule has 1 rings (SSSR count). The molecule has 1 aliphatic heterocycles. The first-order chi connectivity index (χ1) is 3.88. The van der Waals surface area contributed by atoms with E-state index in [1.807, 2.05) is 20.8 Å². The number of rotatable bonds is 0. The summed E-state index contributed by atoms with van der Waals surface area (Å²) in [7, 11) is 0. The zero-order chi connectivity index (χ0) is 7.28. The highest BCUT2D eigenvalue weighted by atomic mass is 35.5. The molecule has 2 atom stereocenters. The molecule has 1 nitrogen and oxygen atoms in total. The van der Waals surface area contributed by atoms with Crippen molar-refractivity contribution in [1.29, 1.82) is 0 Å². The van der Waals surface area contributed by atoms with E-state index in [1.165, 1.54) is 0 Å². The lowest BCUT2D eigenvalue weighted by molar-refractivity contribution is 0.230. The van der Waals surface area contributed by atoms with Gasteiger partial charge < -0.3 is 4.74 Å². The molecule has 0 aliphatic carbocycles. The highest BCUT2D eigenvalue weighted by Crippen LogP contribution is 2.55. The second-order valence-corrected chi connectivity index (χ2v) is 4.29. The Kier molecular flexibility index (Phi) is 1.51. The molecule has 0 bridgehead atoms. The lowest BCUT2D eigenvalue weighted by Gasteiger charge is -2.20. The molecule has 1 fully saturated rings. The van der Waals surface area contributed by atoms with Crippen LogP contribution in [0, 0.1) is 5.41 Å². The van der Waals surface area contributed by atoms with Gasteiger partial charge in [0, 0.05) is 5.41 Å². The van der Waals surface area contributed by atoms with E-state index in [1.54, 1.807) is 0 Å². The molecular formula is C6H10Cl2O. The zero-order valence-corrected chi connectivity index (χ0v) is 7.25. The van der Waals surface area contributed by atoms with Gasteiger partial charge in [-0.3, -0.25) is 0 Å². The van der Waals surface area contributed by atoms with E-state index in [-0.39, 0.29) is 11.0 Å². The summed E-state index contributed by atoms with van der Waals surface area (Å²) in [6.07, 6.45) is 0. The van der Waals surface area contributed by atoms with Crippen LogP contribution in [0.4, 0.5) is 0 Å². The molecule has 0 aromatic heterocycles. The summed E-state index contributed by atoms with van der Waals surface area (Å²) in [5.41, 5.74) is -0.375. The van der Waals surface area contributed by atoms with E-state index in [0.717, 1.165) is 0 Å². The molecule has 0 aromatic rings. The van der Waals surface area contributed by atoms with Crippen molar-refractivity contribution in [2.45, 2.75) is 31.4 Å². The SMILES string of the molecule is CC(C)(C)[C@]1(Cl)O[C@H]1Cl. The van der Waals surface area contributed by atoms with E-state index >= 15 is 0 Å². The van der Waals surface area contributed by atoms with Crippen molar-refractivity contribution in [2.24, 2.45) is 5.41 Å². The Morgan fingerprint density at radius 1 is 1.44 bits per heavy atom. The monoisotopic (exact) mass is 168 g/mol. The van der Waals surface area contributed by atoms with Gasteiger partial charge in [0.2, 0.25) is 0 Å². The van der Waals surface area contributed by atoms with E-state index in [9.17, 15) is 0 Å². The second-order valence-electron chi connectivity index (χ2n) is 3.33. The number of ether oxygens (including phenoxy) is 1. The first kappa shape index (κ1) is 7.64. The third-order valence-electron chi connectivity index (χ3n) is 1.53. The predicted molar refractivity (Wildman–Crippen MR) is 38.8 cm³/mol. The van der Waals surface area contributed by atoms with Crippen molar-refractivity contribution >= 4 is 23.2 Å². The number of hydrogen-bond acceptors (Lipinski definition) is 1. The van der Waals surface area contributed by atoms with Crippen LogP contribution < -0.4 is 0 Å². The third-order valence-corrected chi connectivity index (χ3v) is 2.89. The zero-order valence-electron chi connectivity index (χ0n) is 5.74. The van der Waals surface area contributed by atoms with Crippen molar-refractivity contribution in [3.05, 3.63) is 0 Å². The fourth-order valence-corrected chi connectivity index (χ4v) is 1.24. The molecule has 3 heteroatoms. The molecule has 9 heavy (non-hydrogen) atoms. The van der Waals surface area contributed by atoms with Crippen LogP contribution in [0.3, 0.4) is 0 Å². The van der Waals surface area contributed by atoms with E-state index in [2.05, 4.69) is 0 Å². The van der Waals surface area contributed by atoms with Gasteiger partial charge in [0.25, 0.3) is 0 Å². The summed E-state index contributed by atoms with van der Waals surface area (Å²) in [6, 6.07) is 0. The minimum absolute atomic E-state index is 0.0685. The molecular weight excluding hydrogens is 159 g/mol. The van der Waals surface area contributed by atoms with Gasteiger partial charge >= 0.3 is 0 Å². The normalized spacial score (nSPS) is 43.0. The number of hydrogen-bond donors (Lipinski definition) is 0. The van der Waals surface area contributed by atoms with Crippen LogP contribution in [0.15, 0.2) is 0 Å². The summed E-state index contributed by atoms with van der Waals surface area (Å²) in [5.74, 6) is 0. The van der Waals surface area contributed by atoms with Gasteiger partial charge in [0.15, 0.2) is 10.6 Å². The van der Waals surface area contributed by atoms with Crippen molar-refractivity contribution < 1.29 is 4.74 Å². The summed E-state index contributed by atoms with van der Waals surface area (Å²) in [4.78, 5) is 0. The van der Waals surface area contributed by atoms with Crippen molar-refractivity contribution in [1.82, 2.24) is 0 Å². The predicted octanol–water partition coefficient (Wildman–Crippen LogP) is 2.56. The van der Waals surface area contributed by atoms with Gasteiger partial charge in [-0.1, -0.05) is 44.0 Å². The van der Waals surface area contributed by atoms with Crippen LogP contribution in [0.2, 0.25) is 0 Å². The van der Waals surface area contributed by atoms with Crippen LogP contribution >= 0.6 is 23.2 Å². The Balaban J connectivity index is 2.64. The lowest BCUT2D eigenvalue weighted by Crippen LogP contribution is -2.25. The number of halogens is 2. The minimum atomic E-state index is -0.617. The minimum Gasteiger partial charge on any atom is -0.332 e. The first-order valence-corrected chi connectivity index (χ1v) is 3.70. The molecule has 0 aromatic carbocycles. The maximum Gasteiger partial charge on any atom is 0.188 e. The van der Waals surface area contributed by atoms with Crippen LogP contribution in [0.1, 0.15) is 20.8 Å². The Hall–Kier alpha value is 0.540. The van der Waals surface area contributed by atoms with Crippen LogP contribution in [0.5, 0.6) is 0 Å². The largest absolute Gasteiger partial charge is 0.332 e. The Morgan fingerprint density at radius 3 is 1.78 bits per heavy atom. The standard InChI is InChI=1S/C6H10Cl2O/c1-5(2,3)6(8)4(7)9-6/h4H,1-3H3/t4-,6-/m1/s1. The molecule has 0 amide bonds. The third kappa shape index (κ3) is 1.06. The van der Waals surface area contributed by atoms with Crippen LogP contribution in [0.25, 0.3) is 0 Å². The van der Waals surface area contributed by atoms with Gasteiger partial charge in [-0.2, -0.15) is 0 Å². The van der Waals surface area contributed by atoms with Crippen LogP contribution in [-0.2, 0) is 4.74 Å². The van der Waals surface area contributed by atoms with Gasteiger partial charge in [0.1, 0.15) is 0 Å². The number of epoxide rings is 1. The lowest BCUT2D eigenvalue weighted by atomic mass is 9.92. The van der Waals surface area contributed by atoms with Gasteiger partial charge in [-0.05, 0) is 0 Å². The highest BCUT2D eigenvalue weighted by molar-refractivity contribution is 6.34. The molecule has 0 saturated carbocycles. The van der Waals surface area contributed by atoms with Gasteiger partial charge in [-0.15, -0.1) is 0 Å². The highest BCUT2D eigenvalue weighted by Gasteiger charge is 2.62.